The van der Waals surface area contributed by atoms with E-state index in [0.717, 1.165) is 13.1 Å². The standard InChI is InChI=1S/C26H31N2/c1-2-3-4-5-6-11-16-27-17-18-28(21-27)20-26-24-14-9-7-12-22(24)19-23-13-8-10-15-25(23)26/h7-10,12-15,17-19,21H,2-6,11,16,20H2,1H3/q+1. The molecule has 1 aromatic heterocycles. The number of unbranched alkanes of at least 4 members (excludes halogenated alkanes) is 5. The molecule has 4 aromatic rings. The SMILES string of the molecule is CCCCCCCCn1cc[n+](Cc2c3ccccc3cc3ccccc23)c1. The van der Waals surface area contributed by atoms with E-state index in [1.807, 2.05) is 0 Å². The summed E-state index contributed by atoms with van der Waals surface area (Å²) in [4.78, 5) is 0. The average molecular weight is 372 g/mol. The third kappa shape index (κ3) is 4.27. The molecule has 0 spiro atoms. The van der Waals surface area contributed by atoms with Crippen LogP contribution in [0.5, 0.6) is 0 Å². The van der Waals surface area contributed by atoms with Gasteiger partial charge in [-0.1, -0.05) is 81.1 Å². The van der Waals surface area contributed by atoms with E-state index < -0.39 is 0 Å². The maximum absolute atomic E-state index is 2.34. The van der Waals surface area contributed by atoms with Crippen LogP contribution < -0.4 is 4.57 Å². The lowest BCUT2D eigenvalue weighted by Crippen LogP contribution is -2.31. The highest BCUT2D eigenvalue weighted by atomic mass is 15.1. The lowest BCUT2D eigenvalue weighted by molar-refractivity contribution is -0.687. The molecule has 0 N–H and O–H groups in total. The largest absolute Gasteiger partial charge is 0.244 e. The van der Waals surface area contributed by atoms with Crippen molar-refractivity contribution in [2.75, 3.05) is 0 Å². The van der Waals surface area contributed by atoms with Gasteiger partial charge < -0.3 is 0 Å². The molecular weight excluding hydrogens is 340 g/mol. The van der Waals surface area contributed by atoms with Crippen molar-refractivity contribution < 1.29 is 4.57 Å². The third-order valence-corrected chi connectivity index (χ3v) is 5.74. The second kappa shape index (κ2) is 9.05. The van der Waals surface area contributed by atoms with Gasteiger partial charge in [-0.05, 0) is 40.5 Å². The van der Waals surface area contributed by atoms with Crippen LogP contribution in [0.1, 0.15) is 51.0 Å². The van der Waals surface area contributed by atoms with Crippen LogP contribution in [0, 0.1) is 0 Å². The molecule has 0 aliphatic rings. The molecule has 0 amide bonds. The van der Waals surface area contributed by atoms with Gasteiger partial charge in [0.1, 0.15) is 18.9 Å². The fourth-order valence-corrected chi connectivity index (χ4v) is 4.20. The van der Waals surface area contributed by atoms with Crippen molar-refractivity contribution in [2.45, 2.75) is 58.5 Å². The topological polar surface area (TPSA) is 8.81 Å². The summed E-state index contributed by atoms with van der Waals surface area (Å²) in [7, 11) is 0. The summed E-state index contributed by atoms with van der Waals surface area (Å²) in [6.07, 6.45) is 14.8. The summed E-state index contributed by atoms with van der Waals surface area (Å²) in [6.45, 7) is 4.30. The first kappa shape index (κ1) is 18.7. The number of nitrogens with zero attached hydrogens (tertiary/aromatic N) is 2. The van der Waals surface area contributed by atoms with E-state index in [0.29, 0.717) is 0 Å². The lowest BCUT2D eigenvalue weighted by Gasteiger charge is -2.10. The molecule has 0 unspecified atom stereocenters. The van der Waals surface area contributed by atoms with Gasteiger partial charge in [0.2, 0.25) is 6.33 Å². The maximum atomic E-state index is 2.34. The van der Waals surface area contributed by atoms with Crippen molar-refractivity contribution in [3.05, 3.63) is 78.9 Å². The Morgan fingerprint density at radius 1 is 0.786 bits per heavy atom. The minimum absolute atomic E-state index is 0.908. The van der Waals surface area contributed by atoms with Crippen molar-refractivity contribution in [1.82, 2.24) is 4.57 Å². The molecule has 0 aliphatic heterocycles. The van der Waals surface area contributed by atoms with Gasteiger partial charge in [0.25, 0.3) is 0 Å². The number of benzene rings is 3. The summed E-state index contributed by atoms with van der Waals surface area (Å²) in [5, 5.41) is 5.36. The Balaban J connectivity index is 1.51. The zero-order valence-electron chi connectivity index (χ0n) is 17.0. The van der Waals surface area contributed by atoms with Crippen LogP contribution in [-0.4, -0.2) is 4.57 Å². The Labute approximate surface area is 168 Å². The number of hydrogen-bond donors (Lipinski definition) is 0. The van der Waals surface area contributed by atoms with Gasteiger partial charge in [-0.15, -0.1) is 0 Å². The highest BCUT2D eigenvalue weighted by Crippen LogP contribution is 2.28. The van der Waals surface area contributed by atoms with Gasteiger partial charge in [-0.3, -0.25) is 0 Å². The van der Waals surface area contributed by atoms with Crippen LogP contribution in [0.3, 0.4) is 0 Å². The summed E-state index contributed by atoms with van der Waals surface area (Å²) < 4.78 is 4.67. The minimum atomic E-state index is 0.908. The van der Waals surface area contributed by atoms with Gasteiger partial charge in [0.05, 0.1) is 6.54 Å². The molecule has 0 bridgehead atoms. The van der Waals surface area contributed by atoms with Crippen molar-refractivity contribution >= 4 is 21.5 Å². The lowest BCUT2D eigenvalue weighted by atomic mass is 9.97. The molecule has 3 aromatic carbocycles. The molecule has 0 radical (unpaired) electrons. The Morgan fingerprint density at radius 3 is 2.14 bits per heavy atom. The normalized spacial score (nSPS) is 11.5. The second-order valence-corrected chi connectivity index (χ2v) is 7.89. The van der Waals surface area contributed by atoms with Crippen LogP contribution >= 0.6 is 0 Å². The summed E-state index contributed by atoms with van der Waals surface area (Å²) >= 11 is 0. The molecule has 0 atom stereocenters. The number of rotatable bonds is 9. The molecule has 2 heteroatoms. The molecule has 28 heavy (non-hydrogen) atoms. The van der Waals surface area contributed by atoms with E-state index in [1.165, 1.54) is 65.6 Å². The fraction of sp³-hybridized carbons (Fsp3) is 0.346. The summed E-state index contributed by atoms with van der Waals surface area (Å²) in [5.41, 5.74) is 1.41. The van der Waals surface area contributed by atoms with E-state index in [-0.39, 0.29) is 0 Å². The van der Waals surface area contributed by atoms with Gasteiger partial charge in [-0.25, -0.2) is 9.13 Å². The maximum Gasteiger partial charge on any atom is 0.244 e. The van der Waals surface area contributed by atoms with E-state index in [9.17, 15) is 0 Å². The first-order chi connectivity index (χ1) is 13.8. The first-order valence-corrected chi connectivity index (χ1v) is 10.8. The molecule has 0 saturated carbocycles. The summed E-state index contributed by atoms with van der Waals surface area (Å²) in [5.74, 6) is 0. The van der Waals surface area contributed by atoms with Crippen molar-refractivity contribution in [1.29, 1.82) is 0 Å². The van der Waals surface area contributed by atoms with Crippen molar-refractivity contribution in [3.63, 3.8) is 0 Å². The quantitative estimate of drug-likeness (QED) is 0.181. The minimum Gasteiger partial charge on any atom is -0.237 e. The second-order valence-electron chi connectivity index (χ2n) is 7.89. The van der Waals surface area contributed by atoms with E-state index in [1.54, 1.807) is 0 Å². The number of aromatic nitrogens is 2. The number of fused-ring (bicyclic) bond motifs is 2. The van der Waals surface area contributed by atoms with E-state index in [4.69, 9.17) is 0 Å². The van der Waals surface area contributed by atoms with Gasteiger partial charge in [-0.2, -0.15) is 0 Å². The molecule has 2 nitrogen and oxygen atoms in total. The third-order valence-electron chi connectivity index (χ3n) is 5.74. The van der Waals surface area contributed by atoms with Crippen LogP contribution in [0.15, 0.2) is 73.3 Å². The van der Waals surface area contributed by atoms with E-state index >= 15 is 0 Å². The molecule has 0 fully saturated rings. The summed E-state index contributed by atoms with van der Waals surface area (Å²) in [6, 6.07) is 19.8. The van der Waals surface area contributed by atoms with Crippen LogP contribution in [0.25, 0.3) is 21.5 Å². The highest BCUT2D eigenvalue weighted by molar-refractivity contribution is 6.02. The van der Waals surface area contributed by atoms with Crippen LogP contribution in [-0.2, 0) is 13.1 Å². The van der Waals surface area contributed by atoms with Crippen LogP contribution in [0.4, 0.5) is 0 Å². The molecule has 144 valence electrons. The Hall–Kier alpha value is -2.61. The average Bonchev–Trinajstić information content (AvgIpc) is 3.18. The fourth-order valence-electron chi connectivity index (χ4n) is 4.20. The zero-order chi connectivity index (χ0) is 19.2. The molecular formula is C26H31N2+. The van der Waals surface area contributed by atoms with Gasteiger partial charge in [0.15, 0.2) is 0 Å². The Morgan fingerprint density at radius 2 is 1.43 bits per heavy atom. The number of aryl methyl sites for hydroxylation is 1. The first-order valence-electron chi connectivity index (χ1n) is 10.8. The number of hydrogen-bond acceptors (Lipinski definition) is 0. The van der Waals surface area contributed by atoms with E-state index in [2.05, 4.69) is 89.4 Å². The Kier molecular flexibility index (Phi) is 6.06. The number of imidazole rings is 1. The molecule has 1 heterocycles. The predicted octanol–water partition coefficient (Wildman–Crippen LogP) is 6.49. The van der Waals surface area contributed by atoms with Gasteiger partial charge in [0, 0.05) is 5.56 Å². The monoisotopic (exact) mass is 371 g/mol. The smallest absolute Gasteiger partial charge is 0.237 e. The molecule has 4 rings (SSSR count). The highest BCUT2D eigenvalue weighted by Gasteiger charge is 2.11. The molecule has 0 saturated heterocycles. The van der Waals surface area contributed by atoms with Crippen molar-refractivity contribution in [3.8, 4) is 0 Å². The molecule has 0 aliphatic carbocycles. The zero-order valence-corrected chi connectivity index (χ0v) is 17.0. The van der Waals surface area contributed by atoms with Crippen LogP contribution in [0.2, 0.25) is 0 Å². The van der Waals surface area contributed by atoms with Crippen molar-refractivity contribution in [2.24, 2.45) is 0 Å². The predicted molar refractivity (Wildman–Crippen MR) is 119 cm³/mol. The van der Waals surface area contributed by atoms with Gasteiger partial charge >= 0.3 is 0 Å². The Bertz CT molecular complexity index is 991.